The number of carbonyl (C=O) groups is 3. The Balaban J connectivity index is 1.68. The molecule has 1 N–H and O–H groups in total. The predicted octanol–water partition coefficient (Wildman–Crippen LogP) is 2.52. The molecule has 25 heavy (non-hydrogen) atoms. The maximum atomic E-state index is 12.1. The molecule has 0 spiro atoms. The highest BCUT2D eigenvalue weighted by atomic mass is 35.5. The minimum Gasteiger partial charge on any atom is -0.495 e. The lowest BCUT2D eigenvalue weighted by Crippen LogP contribution is -2.20. The Hall–Kier alpha value is -2.86. The van der Waals surface area contributed by atoms with E-state index in [0.717, 1.165) is 5.56 Å². The van der Waals surface area contributed by atoms with Crippen molar-refractivity contribution in [2.45, 2.75) is 13.0 Å². The lowest BCUT2D eigenvalue weighted by molar-refractivity contribution is -0.144. The zero-order valence-electron chi connectivity index (χ0n) is 13.3. The number of nitrogens with one attached hydrogen (secondary N) is 1. The normalized spacial score (nSPS) is 12.6. The van der Waals surface area contributed by atoms with Gasteiger partial charge in [0.25, 0.3) is 11.8 Å². The van der Waals surface area contributed by atoms with Gasteiger partial charge >= 0.3 is 5.97 Å². The minimum absolute atomic E-state index is 0.0481. The first kappa shape index (κ1) is 17.0. The van der Waals surface area contributed by atoms with Gasteiger partial charge in [0.2, 0.25) is 0 Å². The summed E-state index contributed by atoms with van der Waals surface area (Å²) in [4.78, 5) is 35.6. The van der Waals surface area contributed by atoms with E-state index in [2.05, 4.69) is 5.32 Å². The van der Waals surface area contributed by atoms with Crippen LogP contribution in [0.2, 0.25) is 5.02 Å². The fraction of sp³-hybridized carbons (Fsp3) is 0.167. The molecule has 1 aliphatic heterocycles. The zero-order chi connectivity index (χ0) is 18.0. The second-order valence-electron chi connectivity index (χ2n) is 5.43. The number of amides is 2. The van der Waals surface area contributed by atoms with E-state index in [0.29, 0.717) is 16.3 Å². The van der Waals surface area contributed by atoms with Crippen LogP contribution in [0.25, 0.3) is 0 Å². The number of methoxy groups -OCH3 is 1. The number of halogens is 1. The van der Waals surface area contributed by atoms with Crippen LogP contribution in [-0.2, 0) is 22.6 Å². The fourth-order valence-electron chi connectivity index (χ4n) is 2.60. The number of fused-ring (bicyclic) bond motifs is 1. The number of benzene rings is 2. The van der Waals surface area contributed by atoms with Crippen LogP contribution < -0.4 is 10.1 Å². The Labute approximate surface area is 148 Å². The molecule has 0 atom stereocenters. The van der Waals surface area contributed by atoms with Gasteiger partial charge in [-0.1, -0.05) is 29.8 Å². The molecule has 0 aliphatic carbocycles. The second-order valence-corrected chi connectivity index (χ2v) is 5.84. The maximum absolute atomic E-state index is 12.1. The smallest absolute Gasteiger partial charge is 0.310 e. The summed E-state index contributed by atoms with van der Waals surface area (Å²) in [5, 5.41) is 2.68. The highest BCUT2D eigenvalue weighted by molar-refractivity contribution is 6.32. The van der Waals surface area contributed by atoms with Crippen molar-refractivity contribution in [3.63, 3.8) is 0 Å². The fourth-order valence-corrected chi connectivity index (χ4v) is 2.80. The van der Waals surface area contributed by atoms with Crippen LogP contribution in [0.3, 0.4) is 0 Å². The third-order valence-corrected chi connectivity index (χ3v) is 4.11. The Morgan fingerprint density at radius 1 is 1.16 bits per heavy atom. The summed E-state index contributed by atoms with van der Waals surface area (Å²) in [6.45, 7) is 0.0481. The molecular weight excluding hydrogens is 346 g/mol. The molecule has 0 saturated heterocycles. The average molecular weight is 360 g/mol. The molecule has 128 valence electrons. The molecule has 7 heteroatoms. The Morgan fingerprint density at radius 2 is 1.96 bits per heavy atom. The van der Waals surface area contributed by atoms with Gasteiger partial charge in [0.1, 0.15) is 12.4 Å². The van der Waals surface area contributed by atoms with E-state index >= 15 is 0 Å². The van der Waals surface area contributed by atoms with Crippen LogP contribution in [0.1, 0.15) is 31.8 Å². The molecule has 6 nitrogen and oxygen atoms in total. The second kappa shape index (κ2) is 6.94. The zero-order valence-corrected chi connectivity index (χ0v) is 14.1. The highest BCUT2D eigenvalue weighted by Gasteiger charge is 2.29. The van der Waals surface area contributed by atoms with E-state index in [4.69, 9.17) is 21.1 Å². The van der Waals surface area contributed by atoms with Crippen molar-refractivity contribution in [3.8, 4) is 5.75 Å². The van der Waals surface area contributed by atoms with Crippen molar-refractivity contribution >= 4 is 29.4 Å². The number of hydrogen-bond donors (Lipinski definition) is 1. The van der Waals surface area contributed by atoms with E-state index in [9.17, 15) is 14.4 Å². The molecule has 0 radical (unpaired) electrons. The number of imide groups is 1. The van der Waals surface area contributed by atoms with Gasteiger partial charge in [-0.3, -0.25) is 19.7 Å². The van der Waals surface area contributed by atoms with E-state index in [1.54, 1.807) is 36.4 Å². The monoisotopic (exact) mass is 359 g/mol. The highest BCUT2D eigenvalue weighted by Crippen LogP contribution is 2.25. The van der Waals surface area contributed by atoms with Crippen molar-refractivity contribution in [1.29, 1.82) is 0 Å². The number of carbonyl (C=O) groups excluding carboxylic acids is 3. The number of rotatable bonds is 5. The first-order valence-corrected chi connectivity index (χ1v) is 7.83. The molecule has 2 aromatic rings. The third kappa shape index (κ3) is 3.49. The molecule has 0 saturated carbocycles. The third-order valence-electron chi connectivity index (χ3n) is 3.80. The van der Waals surface area contributed by atoms with Crippen molar-refractivity contribution in [2.24, 2.45) is 0 Å². The molecule has 0 aromatic heterocycles. The van der Waals surface area contributed by atoms with Crippen molar-refractivity contribution in [2.75, 3.05) is 7.11 Å². The Morgan fingerprint density at radius 3 is 2.72 bits per heavy atom. The first-order valence-electron chi connectivity index (χ1n) is 7.45. The van der Waals surface area contributed by atoms with Gasteiger partial charge in [-0.2, -0.15) is 0 Å². The minimum atomic E-state index is -0.505. The van der Waals surface area contributed by atoms with Gasteiger partial charge in [-0.15, -0.1) is 0 Å². The summed E-state index contributed by atoms with van der Waals surface area (Å²) in [5.41, 5.74) is 1.69. The summed E-state index contributed by atoms with van der Waals surface area (Å²) in [7, 11) is 1.50. The average Bonchev–Trinajstić information content (AvgIpc) is 2.89. The summed E-state index contributed by atoms with van der Waals surface area (Å²) in [6.07, 6.45) is -0.103. The van der Waals surface area contributed by atoms with Crippen molar-refractivity contribution in [3.05, 3.63) is 63.7 Å². The van der Waals surface area contributed by atoms with Gasteiger partial charge in [-0.05, 0) is 29.3 Å². The molecule has 2 amide bonds. The van der Waals surface area contributed by atoms with E-state index in [-0.39, 0.29) is 24.2 Å². The van der Waals surface area contributed by atoms with Crippen LogP contribution >= 0.6 is 11.6 Å². The van der Waals surface area contributed by atoms with E-state index in [1.807, 2.05) is 0 Å². The summed E-state index contributed by atoms with van der Waals surface area (Å²) < 4.78 is 10.4. The Bertz CT molecular complexity index is 878. The van der Waals surface area contributed by atoms with Crippen LogP contribution in [0.15, 0.2) is 36.4 Å². The van der Waals surface area contributed by atoms with Gasteiger partial charge in [0.15, 0.2) is 0 Å². The lowest BCUT2D eigenvalue weighted by Gasteiger charge is -2.09. The molecule has 2 aromatic carbocycles. The molecule has 1 aliphatic rings. The van der Waals surface area contributed by atoms with Crippen LogP contribution in [0, 0.1) is 0 Å². The first-order chi connectivity index (χ1) is 12.0. The SMILES string of the molecule is COc1cc(COC(=O)Cc2cccc3c2C(=O)NC3=O)ccc1Cl. The van der Waals surface area contributed by atoms with Crippen LogP contribution in [0.5, 0.6) is 5.75 Å². The van der Waals surface area contributed by atoms with Gasteiger partial charge in [0.05, 0.1) is 29.7 Å². The summed E-state index contributed by atoms with van der Waals surface area (Å²) in [6, 6.07) is 9.87. The van der Waals surface area contributed by atoms with Gasteiger partial charge in [-0.25, -0.2) is 0 Å². The van der Waals surface area contributed by atoms with Crippen molar-refractivity contribution in [1.82, 2.24) is 5.32 Å². The maximum Gasteiger partial charge on any atom is 0.310 e. The van der Waals surface area contributed by atoms with Gasteiger partial charge < -0.3 is 9.47 Å². The standard InChI is InChI=1S/C18H14ClNO5/c1-24-14-7-10(5-6-13(14)19)9-25-15(21)8-11-3-2-4-12-16(11)18(23)20-17(12)22/h2-7H,8-9H2,1H3,(H,20,22,23). The van der Waals surface area contributed by atoms with Crippen molar-refractivity contribution < 1.29 is 23.9 Å². The molecule has 0 fully saturated rings. The summed E-state index contributed by atoms with van der Waals surface area (Å²) >= 11 is 5.95. The number of esters is 1. The largest absolute Gasteiger partial charge is 0.495 e. The Kier molecular flexibility index (Phi) is 4.72. The molecule has 0 unspecified atom stereocenters. The lowest BCUT2D eigenvalue weighted by atomic mass is 10.0. The predicted molar refractivity (Wildman–Crippen MR) is 89.7 cm³/mol. The quantitative estimate of drug-likeness (QED) is 0.655. The van der Waals surface area contributed by atoms with Gasteiger partial charge in [0, 0.05) is 0 Å². The van der Waals surface area contributed by atoms with Crippen LogP contribution in [-0.4, -0.2) is 24.9 Å². The van der Waals surface area contributed by atoms with Crippen LogP contribution in [0.4, 0.5) is 0 Å². The number of ether oxygens (including phenoxy) is 2. The summed E-state index contributed by atoms with van der Waals surface area (Å²) in [5.74, 6) is -0.963. The topological polar surface area (TPSA) is 81.7 Å². The molecule has 0 bridgehead atoms. The molecule has 1 heterocycles. The van der Waals surface area contributed by atoms with E-state index in [1.165, 1.54) is 7.11 Å². The van der Waals surface area contributed by atoms with E-state index < -0.39 is 17.8 Å². The molecule has 3 rings (SSSR count). The molecular formula is C18H14ClNO5. The number of hydrogen-bond acceptors (Lipinski definition) is 5.